The Balaban J connectivity index is 1.62. The number of rotatable bonds is 2. The van der Waals surface area contributed by atoms with Crippen LogP contribution >= 0.6 is 0 Å². The molecule has 1 aromatic carbocycles. The number of piperidine rings is 1. The number of likely N-dealkylation sites (N-methyl/N-ethyl adjacent to an activating group) is 1. The number of nitrogens with zero attached hydrogens (tertiary/aromatic N) is 2. The van der Waals surface area contributed by atoms with Crippen LogP contribution in [0.15, 0.2) is 24.3 Å². The lowest BCUT2D eigenvalue weighted by atomic mass is 9.82. The maximum Gasteiger partial charge on any atom is 0.233 e. The second-order valence-electron chi connectivity index (χ2n) is 9.10. The predicted octanol–water partition coefficient (Wildman–Crippen LogP) is 2.39. The van der Waals surface area contributed by atoms with Gasteiger partial charge in [-0.25, -0.2) is 4.39 Å². The standard InChI is InChI=1S/C21H30FN3O/c1-19(2)14-21(19,16-4-6-17(22)7-5-16)18(26)25-13-12-24(3)20(15-25)8-10-23-11-9-20/h4-7,23H,8-15H2,1-3H3/t21-/m0/s1. The number of amides is 1. The maximum atomic E-state index is 13.7. The second kappa shape index (κ2) is 6.03. The first-order valence-electron chi connectivity index (χ1n) is 9.78. The minimum absolute atomic E-state index is 0.0768. The van der Waals surface area contributed by atoms with Crippen molar-refractivity contribution < 1.29 is 9.18 Å². The minimum Gasteiger partial charge on any atom is -0.339 e. The van der Waals surface area contributed by atoms with E-state index in [1.165, 1.54) is 12.1 Å². The van der Waals surface area contributed by atoms with Crippen molar-refractivity contribution in [2.45, 2.75) is 44.1 Å². The Labute approximate surface area is 155 Å². The van der Waals surface area contributed by atoms with Crippen molar-refractivity contribution in [1.82, 2.24) is 15.1 Å². The monoisotopic (exact) mass is 359 g/mol. The van der Waals surface area contributed by atoms with Crippen LogP contribution in [-0.2, 0) is 10.2 Å². The van der Waals surface area contributed by atoms with Gasteiger partial charge in [-0.1, -0.05) is 26.0 Å². The minimum atomic E-state index is -0.495. The molecule has 0 aromatic heterocycles. The van der Waals surface area contributed by atoms with E-state index >= 15 is 0 Å². The molecule has 2 aliphatic heterocycles. The van der Waals surface area contributed by atoms with E-state index < -0.39 is 5.41 Å². The van der Waals surface area contributed by atoms with Gasteiger partial charge in [-0.15, -0.1) is 0 Å². The highest BCUT2D eigenvalue weighted by Gasteiger charge is 2.68. The van der Waals surface area contributed by atoms with Crippen molar-refractivity contribution in [1.29, 1.82) is 0 Å². The number of carbonyl (C=O) groups excluding carboxylic acids is 1. The van der Waals surface area contributed by atoms with E-state index in [2.05, 4.69) is 36.0 Å². The molecule has 0 unspecified atom stereocenters. The average molecular weight is 359 g/mol. The molecule has 1 aliphatic carbocycles. The third kappa shape index (κ3) is 2.59. The van der Waals surface area contributed by atoms with Gasteiger partial charge in [0, 0.05) is 25.2 Å². The van der Waals surface area contributed by atoms with Crippen molar-refractivity contribution in [3.63, 3.8) is 0 Å². The van der Waals surface area contributed by atoms with Crippen LogP contribution in [0.25, 0.3) is 0 Å². The fraction of sp³-hybridized carbons (Fsp3) is 0.667. The molecule has 4 rings (SSSR count). The molecule has 1 spiro atoms. The molecule has 2 saturated heterocycles. The van der Waals surface area contributed by atoms with Crippen LogP contribution in [0, 0.1) is 11.2 Å². The van der Waals surface area contributed by atoms with E-state index in [0.29, 0.717) is 0 Å². The van der Waals surface area contributed by atoms with Gasteiger partial charge in [0.25, 0.3) is 0 Å². The fourth-order valence-corrected chi connectivity index (χ4v) is 5.27. The molecule has 1 N–H and O–H groups in total. The summed E-state index contributed by atoms with van der Waals surface area (Å²) in [4.78, 5) is 18.3. The molecule has 1 aromatic rings. The molecule has 1 amide bonds. The molecule has 1 saturated carbocycles. The summed E-state index contributed by atoms with van der Waals surface area (Å²) in [6.07, 6.45) is 3.01. The molecule has 0 bridgehead atoms. The molecule has 142 valence electrons. The summed E-state index contributed by atoms with van der Waals surface area (Å²) in [6.45, 7) is 8.86. The third-order valence-corrected chi connectivity index (χ3v) is 7.26. The van der Waals surface area contributed by atoms with Gasteiger partial charge in [-0.2, -0.15) is 0 Å². The molecule has 0 radical (unpaired) electrons. The van der Waals surface area contributed by atoms with E-state index in [9.17, 15) is 9.18 Å². The Hall–Kier alpha value is -1.46. The zero-order valence-electron chi connectivity index (χ0n) is 16.1. The van der Waals surface area contributed by atoms with Crippen molar-refractivity contribution in [3.05, 3.63) is 35.6 Å². The van der Waals surface area contributed by atoms with Gasteiger partial charge < -0.3 is 10.2 Å². The third-order valence-electron chi connectivity index (χ3n) is 7.26. The Kier molecular flexibility index (Phi) is 4.16. The largest absolute Gasteiger partial charge is 0.339 e. The highest BCUT2D eigenvalue weighted by Crippen LogP contribution is 2.65. The zero-order valence-corrected chi connectivity index (χ0v) is 16.1. The normalized spacial score (nSPS) is 30.4. The highest BCUT2D eigenvalue weighted by molar-refractivity contribution is 5.93. The summed E-state index contributed by atoms with van der Waals surface area (Å²) in [6, 6.07) is 6.57. The smallest absolute Gasteiger partial charge is 0.233 e. The lowest BCUT2D eigenvalue weighted by Crippen LogP contribution is -2.65. The van der Waals surface area contributed by atoms with Gasteiger partial charge in [-0.05, 0) is 62.5 Å². The topological polar surface area (TPSA) is 35.6 Å². The van der Waals surface area contributed by atoms with E-state index in [1.54, 1.807) is 12.1 Å². The van der Waals surface area contributed by atoms with E-state index in [1.807, 2.05) is 0 Å². The van der Waals surface area contributed by atoms with Crippen molar-refractivity contribution in [2.75, 3.05) is 39.8 Å². The van der Waals surface area contributed by atoms with Gasteiger partial charge in [0.15, 0.2) is 0 Å². The number of carbonyl (C=O) groups is 1. The van der Waals surface area contributed by atoms with Crippen LogP contribution in [0.5, 0.6) is 0 Å². The number of halogens is 1. The van der Waals surface area contributed by atoms with E-state index in [0.717, 1.165) is 57.5 Å². The van der Waals surface area contributed by atoms with Gasteiger partial charge in [0.05, 0.1) is 5.41 Å². The molecular formula is C21H30FN3O. The van der Waals surface area contributed by atoms with Crippen molar-refractivity contribution in [3.8, 4) is 0 Å². The van der Waals surface area contributed by atoms with Gasteiger partial charge in [-0.3, -0.25) is 9.69 Å². The number of nitrogens with one attached hydrogen (secondary N) is 1. The van der Waals surface area contributed by atoms with E-state index in [-0.39, 0.29) is 22.7 Å². The van der Waals surface area contributed by atoms with Crippen LogP contribution in [0.4, 0.5) is 4.39 Å². The van der Waals surface area contributed by atoms with Crippen LogP contribution in [0.1, 0.15) is 38.7 Å². The summed E-state index contributed by atoms with van der Waals surface area (Å²) >= 11 is 0. The second-order valence-corrected chi connectivity index (χ2v) is 9.10. The summed E-state index contributed by atoms with van der Waals surface area (Å²) in [5, 5.41) is 3.44. The predicted molar refractivity (Wildman–Crippen MR) is 101 cm³/mol. The van der Waals surface area contributed by atoms with Crippen LogP contribution in [0.3, 0.4) is 0 Å². The summed E-state index contributed by atoms with van der Waals surface area (Å²) in [5.41, 5.74) is 0.492. The number of piperazine rings is 1. The zero-order chi connectivity index (χ0) is 18.6. The van der Waals surface area contributed by atoms with Crippen LogP contribution in [0.2, 0.25) is 0 Å². The fourth-order valence-electron chi connectivity index (χ4n) is 5.27. The summed E-state index contributed by atoms with van der Waals surface area (Å²) < 4.78 is 13.4. The first-order valence-corrected chi connectivity index (χ1v) is 9.78. The Bertz CT molecular complexity index is 696. The SMILES string of the molecule is CN1CCN(C(=O)[C@@]2(c3ccc(F)cc3)CC2(C)C)CC12CCNCC2. The molecule has 26 heavy (non-hydrogen) atoms. The first-order chi connectivity index (χ1) is 12.3. The Morgan fingerprint density at radius 2 is 1.73 bits per heavy atom. The van der Waals surface area contributed by atoms with Crippen LogP contribution < -0.4 is 5.32 Å². The van der Waals surface area contributed by atoms with Gasteiger partial charge in [0.2, 0.25) is 5.91 Å². The van der Waals surface area contributed by atoms with Gasteiger partial charge in [0.1, 0.15) is 5.82 Å². The molecule has 2 heterocycles. The molecule has 1 atom stereocenters. The van der Waals surface area contributed by atoms with Crippen molar-refractivity contribution >= 4 is 5.91 Å². The molecule has 5 heteroatoms. The Morgan fingerprint density at radius 3 is 2.31 bits per heavy atom. The molecule has 4 nitrogen and oxygen atoms in total. The van der Waals surface area contributed by atoms with Gasteiger partial charge >= 0.3 is 0 Å². The quantitative estimate of drug-likeness (QED) is 0.881. The van der Waals surface area contributed by atoms with Crippen molar-refractivity contribution in [2.24, 2.45) is 5.41 Å². The summed E-state index contributed by atoms with van der Waals surface area (Å²) in [7, 11) is 2.20. The highest BCUT2D eigenvalue weighted by atomic mass is 19.1. The van der Waals surface area contributed by atoms with Crippen LogP contribution in [-0.4, -0.2) is 61.0 Å². The lowest BCUT2D eigenvalue weighted by Gasteiger charge is -2.52. The number of benzene rings is 1. The Morgan fingerprint density at radius 1 is 1.12 bits per heavy atom. The molecule has 3 aliphatic rings. The maximum absolute atomic E-state index is 13.7. The molecular weight excluding hydrogens is 329 g/mol. The number of hydrogen-bond donors (Lipinski definition) is 1. The average Bonchev–Trinajstić information content (AvgIpc) is 3.22. The lowest BCUT2D eigenvalue weighted by molar-refractivity contribution is -0.141. The first kappa shape index (κ1) is 17.9. The summed E-state index contributed by atoms with van der Waals surface area (Å²) in [5.74, 6) is -0.0109. The molecule has 3 fully saturated rings. The number of hydrogen-bond acceptors (Lipinski definition) is 3. The van der Waals surface area contributed by atoms with E-state index in [4.69, 9.17) is 0 Å².